The molecule has 0 aliphatic heterocycles. The molecule has 2 rings (SSSR count). The molecule has 2 N–H and O–H groups in total. The van der Waals surface area contributed by atoms with Crippen molar-refractivity contribution < 1.29 is 14.6 Å². The molecule has 9 heteroatoms. The number of carbonyl (C=O) groups is 1. The minimum atomic E-state index is -0.399. The molecule has 0 spiro atoms. The van der Waals surface area contributed by atoms with E-state index in [1.807, 2.05) is 31.2 Å². The zero-order chi connectivity index (χ0) is 19.3. The van der Waals surface area contributed by atoms with E-state index in [0.29, 0.717) is 24.7 Å². The highest BCUT2D eigenvalue weighted by Gasteiger charge is 2.13. The van der Waals surface area contributed by atoms with Crippen molar-refractivity contribution in [3.63, 3.8) is 0 Å². The molecule has 138 valence electrons. The molecule has 0 saturated carbocycles. The number of carbonyl (C=O) groups excluding carboxylic acids is 1. The molecule has 1 unspecified atom stereocenters. The van der Waals surface area contributed by atoms with Gasteiger partial charge in [-0.05, 0) is 50.9 Å². The molecule has 0 aromatic heterocycles. The molecule has 1 aromatic rings. The van der Waals surface area contributed by atoms with E-state index in [2.05, 4.69) is 74.2 Å². The fraction of sp³-hybridized carbons (Fsp3) is 0.176. The predicted molar refractivity (Wildman–Crippen MR) is 117 cm³/mol. The number of ether oxygens (including phenoxy) is 1. The average Bonchev–Trinajstić information content (AvgIpc) is 2.75. The minimum Gasteiger partial charge on any atom is -0.506 e. The smallest absolute Gasteiger partial charge is 0.277 e. The summed E-state index contributed by atoms with van der Waals surface area (Å²) in [6, 6.07) is 1.68. The number of hydrogen-bond acceptors (Lipinski definition) is 4. The summed E-state index contributed by atoms with van der Waals surface area (Å²) in [7, 11) is 0. The normalized spacial score (nSPS) is 16.9. The van der Waals surface area contributed by atoms with Crippen LogP contribution < -0.4 is 5.43 Å². The van der Waals surface area contributed by atoms with Crippen LogP contribution in [0.2, 0.25) is 0 Å². The molecule has 1 atom stereocenters. The van der Waals surface area contributed by atoms with E-state index < -0.39 is 5.91 Å². The number of benzene rings is 1. The summed E-state index contributed by atoms with van der Waals surface area (Å²) < 4.78 is 7.22. The molecule has 0 fully saturated rings. The number of allylic oxidation sites excluding steroid dienone is 5. The Morgan fingerprint density at radius 1 is 1.35 bits per heavy atom. The Morgan fingerprint density at radius 3 is 2.81 bits per heavy atom. The number of amides is 1. The molecule has 1 amide bonds. The van der Waals surface area contributed by atoms with Crippen molar-refractivity contribution in [2.75, 3.05) is 6.61 Å². The molecule has 5 nitrogen and oxygen atoms in total. The molecule has 26 heavy (non-hydrogen) atoms. The van der Waals surface area contributed by atoms with Crippen LogP contribution in [0.1, 0.15) is 12.5 Å². The van der Waals surface area contributed by atoms with E-state index in [9.17, 15) is 9.90 Å². The summed E-state index contributed by atoms with van der Waals surface area (Å²) in [6.45, 7) is 1.81. The monoisotopic (exact) mass is 610 g/mol. The number of nitrogens with one attached hydrogen (secondary N) is 1. The number of phenols is 1. The van der Waals surface area contributed by atoms with Crippen LogP contribution in [0.15, 0.2) is 60.2 Å². The van der Waals surface area contributed by atoms with Crippen molar-refractivity contribution in [2.24, 2.45) is 5.10 Å². The van der Waals surface area contributed by atoms with Gasteiger partial charge >= 0.3 is 0 Å². The van der Waals surface area contributed by atoms with Gasteiger partial charge in [-0.2, -0.15) is 5.10 Å². The lowest BCUT2D eigenvalue weighted by atomic mass is 10.2. The summed E-state index contributed by atoms with van der Waals surface area (Å²) in [5, 5.41) is 13.8. The number of aromatic hydroxyl groups is 1. The molecule has 1 aliphatic carbocycles. The van der Waals surface area contributed by atoms with Gasteiger partial charge in [0.05, 0.1) is 20.0 Å². The molecule has 0 heterocycles. The first kappa shape index (κ1) is 21.4. The zero-order valence-corrected chi connectivity index (χ0v) is 19.8. The van der Waals surface area contributed by atoms with Gasteiger partial charge in [0, 0.05) is 10.0 Å². The SMILES string of the molecule is CC1=CC=C(OCC(=O)N/N=C/c2c(Br)cc(Br)c(O)c2Br)C(Br)C=C1. The van der Waals surface area contributed by atoms with Gasteiger partial charge in [0.2, 0.25) is 0 Å². The second kappa shape index (κ2) is 9.87. The second-order valence-corrected chi connectivity index (χ2v) is 8.73. The Morgan fingerprint density at radius 2 is 2.08 bits per heavy atom. The quantitative estimate of drug-likeness (QED) is 0.269. The average molecular weight is 614 g/mol. The first-order chi connectivity index (χ1) is 12.3. The van der Waals surface area contributed by atoms with Crippen LogP contribution in [0.3, 0.4) is 0 Å². The van der Waals surface area contributed by atoms with Crippen LogP contribution in [-0.2, 0) is 9.53 Å². The molecular formula is C17H14Br4N2O3. The first-order valence-corrected chi connectivity index (χ1v) is 10.6. The fourth-order valence-corrected chi connectivity index (χ4v) is 4.65. The van der Waals surface area contributed by atoms with E-state index in [-0.39, 0.29) is 17.2 Å². The van der Waals surface area contributed by atoms with Crippen molar-refractivity contribution in [3.8, 4) is 5.75 Å². The van der Waals surface area contributed by atoms with Crippen LogP contribution in [0.25, 0.3) is 0 Å². The van der Waals surface area contributed by atoms with Gasteiger partial charge in [-0.25, -0.2) is 5.43 Å². The van der Waals surface area contributed by atoms with E-state index in [1.165, 1.54) is 6.21 Å². The summed E-state index contributed by atoms with van der Waals surface area (Å²) >= 11 is 13.4. The van der Waals surface area contributed by atoms with Gasteiger partial charge in [0.25, 0.3) is 5.91 Å². The summed E-state index contributed by atoms with van der Waals surface area (Å²) in [6.07, 6.45) is 9.07. The number of rotatable bonds is 5. The number of alkyl halides is 1. The van der Waals surface area contributed by atoms with Crippen molar-refractivity contribution in [1.29, 1.82) is 0 Å². The van der Waals surface area contributed by atoms with Crippen molar-refractivity contribution in [3.05, 3.63) is 60.7 Å². The van der Waals surface area contributed by atoms with E-state index in [0.717, 1.165) is 5.57 Å². The second-order valence-electron chi connectivity index (χ2n) is 5.24. The van der Waals surface area contributed by atoms with E-state index in [4.69, 9.17) is 4.74 Å². The lowest BCUT2D eigenvalue weighted by molar-refractivity contribution is -0.124. The van der Waals surface area contributed by atoms with Crippen LogP contribution in [0, 0.1) is 0 Å². The molecule has 0 radical (unpaired) electrons. The summed E-state index contributed by atoms with van der Waals surface area (Å²) in [4.78, 5) is 11.8. The van der Waals surface area contributed by atoms with Gasteiger partial charge in [-0.15, -0.1) is 0 Å². The topological polar surface area (TPSA) is 70.9 Å². The molecule has 1 aromatic carbocycles. The number of nitrogens with zero attached hydrogens (tertiary/aromatic N) is 1. The summed E-state index contributed by atoms with van der Waals surface area (Å²) in [5.74, 6) is 0.286. The zero-order valence-electron chi connectivity index (χ0n) is 13.5. The third-order valence-electron chi connectivity index (χ3n) is 3.24. The molecule has 1 aliphatic rings. The lowest BCUT2D eigenvalue weighted by Crippen LogP contribution is -2.23. The van der Waals surface area contributed by atoms with Crippen LogP contribution in [0.4, 0.5) is 0 Å². The maximum absolute atomic E-state index is 11.9. The summed E-state index contributed by atoms with van der Waals surface area (Å²) in [5.41, 5.74) is 4.07. The van der Waals surface area contributed by atoms with Crippen molar-refractivity contribution in [1.82, 2.24) is 5.43 Å². The minimum absolute atomic E-state index is 0.0457. The van der Waals surface area contributed by atoms with Crippen LogP contribution >= 0.6 is 63.7 Å². The Balaban J connectivity index is 1.95. The predicted octanol–water partition coefficient (Wildman–Crippen LogP) is 5.31. The first-order valence-electron chi connectivity index (χ1n) is 7.31. The third kappa shape index (κ3) is 5.80. The Hall–Kier alpha value is -0.900. The van der Waals surface area contributed by atoms with Gasteiger partial charge < -0.3 is 9.84 Å². The van der Waals surface area contributed by atoms with Crippen LogP contribution in [0.5, 0.6) is 5.75 Å². The number of hydrogen-bond donors (Lipinski definition) is 2. The molecular weight excluding hydrogens is 600 g/mol. The Labute approximate surface area is 184 Å². The van der Waals surface area contributed by atoms with Gasteiger partial charge in [-0.3, -0.25) is 4.79 Å². The highest BCUT2D eigenvalue weighted by Crippen LogP contribution is 2.38. The Bertz CT molecular complexity index is 832. The Kier molecular flexibility index (Phi) is 8.12. The van der Waals surface area contributed by atoms with E-state index >= 15 is 0 Å². The largest absolute Gasteiger partial charge is 0.506 e. The standard InChI is InChI=1S/C17H14Br4N2O3/c1-9-2-4-11(18)14(5-3-9)26-8-15(24)23-22-7-10-12(19)6-13(20)17(25)16(10)21/h2-7,11,25H,8H2,1H3,(H,23,24)/b22-7+. The third-order valence-corrected chi connectivity index (χ3v) is 6.06. The number of halogens is 4. The maximum atomic E-state index is 11.9. The van der Waals surface area contributed by atoms with Gasteiger partial charge in [0.1, 0.15) is 11.5 Å². The number of phenolic OH excluding ortho intramolecular Hbond substituents is 1. The van der Waals surface area contributed by atoms with Crippen molar-refractivity contribution >= 4 is 75.8 Å². The molecule has 0 saturated heterocycles. The highest BCUT2D eigenvalue weighted by atomic mass is 79.9. The highest BCUT2D eigenvalue weighted by molar-refractivity contribution is 9.11. The maximum Gasteiger partial charge on any atom is 0.277 e. The molecule has 0 bridgehead atoms. The fourth-order valence-electron chi connectivity index (χ4n) is 1.88. The van der Waals surface area contributed by atoms with Crippen molar-refractivity contribution in [2.45, 2.75) is 11.8 Å². The van der Waals surface area contributed by atoms with Gasteiger partial charge in [-0.1, -0.05) is 55.7 Å². The van der Waals surface area contributed by atoms with Gasteiger partial charge in [0.15, 0.2) is 6.61 Å². The van der Waals surface area contributed by atoms with E-state index in [1.54, 1.807) is 6.07 Å². The van der Waals surface area contributed by atoms with Crippen LogP contribution in [-0.4, -0.2) is 28.7 Å². The lowest BCUT2D eigenvalue weighted by Gasteiger charge is -2.11. The number of hydrazone groups is 1.